The Morgan fingerprint density at radius 2 is 2.18 bits per heavy atom. The van der Waals surface area contributed by atoms with E-state index in [2.05, 4.69) is 34.1 Å². The number of nitrogens with zero attached hydrogens (tertiary/aromatic N) is 2. The number of furan rings is 1. The van der Waals surface area contributed by atoms with Crippen LogP contribution in [0.1, 0.15) is 40.8 Å². The standard InChI is InChI=1S/C14H14N4O3S/c1-6(2)8-4-15-14(22-8)18-12(20)9-7(3)21-13-10(9)11(19)16-5-17-13/h4-6H,1-3H3,(H,15,18,20)(H,16,17,19). The highest BCUT2D eigenvalue weighted by Crippen LogP contribution is 2.27. The maximum Gasteiger partial charge on any atom is 0.262 e. The third kappa shape index (κ3) is 2.41. The van der Waals surface area contributed by atoms with Crippen molar-refractivity contribution in [2.75, 3.05) is 5.32 Å². The van der Waals surface area contributed by atoms with Crippen molar-refractivity contribution in [3.8, 4) is 0 Å². The molecule has 22 heavy (non-hydrogen) atoms. The van der Waals surface area contributed by atoms with Crippen LogP contribution in [0.15, 0.2) is 21.7 Å². The van der Waals surface area contributed by atoms with E-state index in [1.54, 1.807) is 13.1 Å². The molecule has 0 aliphatic heterocycles. The molecule has 0 saturated heterocycles. The van der Waals surface area contributed by atoms with Gasteiger partial charge in [0.25, 0.3) is 11.5 Å². The van der Waals surface area contributed by atoms with Crippen molar-refractivity contribution in [3.05, 3.63) is 39.1 Å². The van der Waals surface area contributed by atoms with Crippen LogP contribution in [0.4, 0.5) is 5.13 Å². The highest BCUT2D eigenvalue weighted by Gasteiger charge is 2.22. The number of carbonyl (C=O) groups excluding carboxylic acids is 1. The minimum Gasteiger partial charge on any atom is -0.442 e. The Labute approximate surface area is 129 Å². The van der Waals surface area contributed by atoms with Crippen LogP contribution >= 0.6 is 11.3 Å². The average Bonchev–Trinajstić information content (AvgIpc) is 3.03. The summed E-state index contributed by atoms with van der Waals surface area (Å²) in [6, 6.07) is 0. The van der Waals surface area contributed by atoms with Gasteiger partial charge in [-0.2, -0.15) is 0 Å². The highest BCUT2D eigenvalue weighted by molar-refractivity contribution is 7.15. The number of amides is 1. The normalized spacial score (nSPS) is 11.3. The molecule has 0 atom stereocenters. The fourth-order valence-corrected chi connectivity index (χ4v) is 2.91. The maximum absolute atomic E-state index is 12.5. The first kappa shape index (κ1) is 14.5. The number of aromatic amines is 1. The summed E-state index contributed by atoms with van der Waals surface area (Å²) >= 11 is 1.41. The smallest absolute Gasteiger partial charge is 0.262 e. The Balaban J connectivity index is 1.98. The zero-order chi connectivity index (χ0) is 15.9. The zero-order valence-electron chi connectivity index (χ0n) is 12.3. The van der Waals surface area contributed by atoms with Crippen LogP contribution in [-0.2, 0) is 0 Å². The van der Waals surface area contributed by atoms with Crippen molar-refractivity contribution >= 4 is 33.5 Å². The maximum atomic E-state index is 12.5. The number of rotatable bonds is 3. The van der Waals surface area contributed by atoms with Crippen molar-refractivity contribution in [1.82, 2.24) is 15.0 Å². The quantitative estimate of drug-likeness (QED) is 0.773. The van der Waals surface area contributed by atoms with Gasteiger partial charge in [0.15, 0.2) is 5.13 Å². The van der Waals surface area contributed by atoms with Gasteiger partial charge in [0.1, 0.15) is 11.1 Å². The van der Waals surface area contributed by atoms with E-state index in [0.717, 1.165) is 4.88 Å². The molecule has 0 aliphatic rings. The third-order valence-electron chi connectivity index (χ3n) is 3.21. The van der Waals surface area contributed by atoms with Gasteiger partial charge in [-0.25, -0.2) is 9.97 Å². The summed E-state index contributed by atoms with van der Waals surface area (Å²) in [6.07, 6.45) is 2.98. The van der Waals surface area contributed by atoms with E-state index in [1.807, 2.05) is 0 Å². The summed E-state index contributed by atoms with van der Waals surface area (Å²) in [4.78, 5) is 36.0. The second kappa shape index (κ2) is 5.38. The largest absolute Gasteiger partial charge is 0.442 e. The molecule has 0 radical (unpaired) electrons. The molecule has 1 amide bonds. The van der Waals surface area contributed by atoms with Crippen LogP contribution < -0.4 is 10.9 Å². The lowest BCUT2D eigenvalue weighted by atomic mass is 10.2. The number of thiazole rings is 1. The molecule has 3 aromatic heterocycles. The number of aryl methyl sites for hydroxylation is 1. The van der Waals surface area contributed by atoms with E-state index < -0.39 is 11.5 Å². The lowest BCUT2D eigenvalue weighted by Crippen LogP contribution is -2.16. The molecule has 3 rings (SSSR count). The fourth-order valence-electron chi connectivity index (χ4n) is 2.10. The summed E-state index contributed by atoms with van der Waals surface area (Å²) in [6.45, 7) is 5.73. The molecular weight excluding hydrogens is 304 g/mol. The number of nitrogens with one attached hydrogen (secondary N) is 2. The van der Waals surface area contributed by atoms with Gasteiger partial charge in [0, 0.05) is 11.1 Å². The third-order valence-corrected chi connectivity index (χ3v) is 4.42. The number of fused-ring (bicyclic) bond motifs is 1. The SMILES string of the molecule is Cc1oc2nc[nH]c(=O)c2c1C(=O)Nc1ncc(C(C)C)s1. The number of H-pyrrole nitrogens is 1. The van der Waals surface area contributed by atoms with Gasteiger partial charge in [0.05, 0.1) is 11.9 Å². The number of carbonyl (C=O) groups is 1. The second-order valence-corrected chi connectivity index (χ2v) is 6.18. The predicted molar refractivity (Wildman–Crippen MR) is 83.5 cm³/mol. The van der Waals surface area contributed by atoms with Crippen molar-refractivity contribution in [1.29, 1.82) is 0 Å². The van der Waals surface area contributed by atoms with Crippen LogP contribution in [0.3, 0.4) is 0 Å². The van der Waals surface area contributed by atoms with Gasteiger partial charge in [-0.05, 0) is 12.8 Å². The molecule has 0 bridgehead atoms. The number of hydrogen-bond acceptors (Lipinski definition) is 6. The van der Waals surface area contributed by atoms with Crippen LogP contribution in [0, 0.1) is 6.92 Å². The summed E-state index contributed by atoms with van der Waals surface area (Å²) in [5.41, 5.74) is -0.0759. The Kier molecular flexibility index (Phi) is 3.53. The van der Waals surface area contributed by atoms with Crippen LogP contribution in [0.2, 0.25) is 0 Å². The molecular formula is C14H14N4O3S. The minimum atomic E-state index is -0.431. The molecule has 8 heteroatoms. The molecule has 7 nitrogen and oxygen atoms in total. The number of hydrogen-bond donors (Lipinski definition) is 2. The van der Waals surface area contributed by atoms with E-state index in [9.17, 15) is 9.59 Å². The van der Waals surface area contributed by atoms with Gasteiger partial charge in [-0.3, -0.25) is 14.9 Å². The Morgan fingerprint density at radius 3 is 2.86 bits per heavy atom. The molecule has 114 valence electrons. The van der Waals surface area contributed by atoms with E-state index >= 15 is 0 Å². The monoisotopic (exact) mass is 318 g/mol. The van der Waals surface area contributed by atoms with Crippen LogP contribution in [0.25, 0.3) is 11.1 Å². The first-order valence-corrected chi connectivity index (χ1v) is 7.53. The summed E-state index contributed by atoms with van der Waals surface area (Å²) in [5, 5.41) is 3.35. The number of anilines is 1. The Bertz CT molecular complexity index is 906. The van der Waals surface area contributed by atoms with Crippen molar-refractivity contribution < 1.29 is 9.21 Å². The molecule has 2 N–H and O–H groups in total. The molecule has 3 heterocycles. The second-order valence-electron chi connectivity index (χ2n) is 5.12. The number of aromatic nitrogens is 3. The van der Waals surface area contributed by atoms with Gasteiger partial charge < -0.3 is 9.40 Å². The summed E-state index contributed by atoms with van der Waals surface area (Å²) in [7, 11) is 0. The Morgan fingerprint density at radius 1 is 1.41 bits per heavy atom. The van der Waals surface area contributed by atoms with E-state index in [0.29, 0.717) is 16.8 Å². The fraction of sp³-hybridized carbons (Fsp3) is 0.286. The molecule has 0 spiro atoms. The lowest BCUT2D eigenvalue weighted by molar-refractivity contribution is 0.102. The lowest BCUT2D eigenvalue weighted by Gasteiger charge is -2.00. The average molecular weight is 318 g/mol. The van der Waals surface area contributed by atoms with Crippen molar-refractivity contribution in [3.63, 3.8) is 0 Å². The van der Waals surface area contributed by atoms with E-state index in [1.165, 1.54) is 17.7 Å². The van der Waals surface area contributed by atoms with E-state index in [4.69, 9.17) is 4.42 Å². The topological polar surface area (TPSA) is 101 Å². The van der Waals surface area contributed by atoms with Gasteiger partial charge >= 0.3 is 0 Å². The molecule has 0 saturated carbocycles. The van der Waals surface area contributed by atoms with Crippen LogP contribution in [0.5, 0.6) is 0 Å². The minimum absolute atomic E-state index is 0.147. The van der Waals surface area contributed by atoms with E-state index in [-0.39, 0.29) is 16.7 Å². The van der Waals surface area contributed by atoms with Crippen LogP contribution in [-0.4, -0.2) is 20.9 Å². The zero-order valence-corrected chi connectivity index (χ0v) is 13.1. The summed E-state index contributed by atoms with van der Waals surface area (Å²) in [5.74, 6) is 0.253. The molecule has 0 fully saturated rings. The molecule has 3 aromatic rings. The van der Waals surface area contributed by atoms with Crippen molar-refractivity contribution in [2.24, 2.45) is 0 Å². The molecule has 0 aliphatic carbocycles. The predicted octanol–water partition coefficient (Wildman–Crippen LogP) is 2.66. The van der Waals surface area contributed by atoms with Gasteiger partial charge in [-0.1, -0.05) is 13.8 Å². The highest BCUT2D eigenvalue weighted by atomic mass is 32.1. The van der Waals surface area contributed by atoms with Gasteiger partial charge in [0.2, 0.25) is 5.71 Å². The van der Waals surface area contributed by atoms with Gasteiger partial charge in [-0.15, -0.1) is 11.3 Å². The Hall–Kier alpha value is -2.48. The van der Waals surface area contributed by atoms with Crippen molar-refractivity contribution in [2.45, 2.75) is 26.7 Å². The summed E-state index contributed by atoms with van der Waals surface area (Å²) < 4.78 is 5.37. The molecule has 0 aromatic carbocycles. The first-order valence-electron chi connectivity index (χ1n) is 6.71. The molecule has 0 unspecified atom stereocenters. The first-order chi connectivity index (χ1) is 10.5.